The minimum Gasteiger partial charge on any atom is -0.342 e. The fourth-order valence-electron chi connectivity index (χ4n) is 5.96. The van der Waals surface area contributed by atoms with E-state index in [2.05, 4.69) is 11.8 Å². The summed E-state index contributed by atoms with van der Waals surface area (Å²) in [7, 11) is 0. The average Bonchev–Trinajstić information content (AvgIpc) is 3.29. The number of carbonyl (C=O) groups excluding carboxylic acids is 2. The van der Waals surface area contributed by atoms with Gasteiger partial charge in [-0.3, -0.25) is 9.59 Å². The van der Waals surface area contributed by atoms with Crippen LogP contribution in [0, 0.1) is 23.7 Å². The number of carbonyl (C=O) groups is 2. The number of likely N-dealkylation sites (tertiary alicyclic amines) is 1. The van der Waals surface area contributed by atoms with Crippen LogP contribution < -0.4 is 5.73 Å². The molecule has 0 aromatic heterocycles. The monoisotopic (exact) mass is 448 g/mol. The van der Waals surface area contributed by atoms with Gasteiger partial charge in [0.2, 0.25) is 11.8 Å². The number of piperazine rings is 1. The molecule has 4 atom stereocenters. The maximum absolute atomic E-state index is 13.0. The molecule has 4 fully saturated rings. The fourth-order valence-corrected chi connectivity index (χ4v) is 5.96. The third-order valence-electron chi connectivity index (χ3n) is 7.83. The summed E-state index contributed by atoms with van der Waals surface area (Å²) < 4.78 is 0. The van der Waals surface area contributed by atoms with Crippen LogP contribution in [0.15, 0.2) is 0 Å². The summed E-state index contributed by atoms with van der Waals surface area (Å²) in [4.78, 5) is 32.1. The Hall–Kier alpha value is -0.560. The molecule has 2 saturated carbocycles. The minimum absolute atomic E-state index is 0. The molecule has 6 nitrogen and oxygen atoms in total. The average molecular weight is 449 g/mol. The number of fused-ring (bicyclic) bond motifs is 2. The highest BCUT2D eigenvalue weighted by molar-refractivity contribution is 5.85. The lowest BCUT2D eigenvalue weighted by Crippen LogP contribution is -2.50. The van der Waals surface area contributed by atoms with E-state index in [9.17, 15) is 9.59 Å². The Labute approximate surface area is 187 Å². The second-order valence-electron chi connectivity index (χ2n) is 9.22. The lowest BCUT2D eigenvalue weighted by molar-refractivity contribution is -0.139. The summed E-state index contributed by atoms with van der Waals surface area (Å²) in [5.74, 6) is 2.21. The molecular weight excluding hydrogens is 411 g/mol. The van der Waals surface area contributed by atoms with Gasteiger partial charge in [0.05, 0.1) is 5.92 Å². The van der Waals surface area contributed by atoms with Gasteiger partial charge in [-0.2, -0.15) is 0 Å². The molecule has 2 aliphatic carbocycles. The first-order valence-electron chi connectivity index (χ1n) is 11.1. The summed E-state index contributed by atoms with van der Waals surface area (Å²) in [5, 5.41) is 0. The second kappa shape index (κ2) is 10.7. The molecule has 168 valence electrons. The molecule has 4 aliphatic rings. The number of hydrogen-bond donors (Lipinski definition) is 1. The maximum Gasteiger partial charge on any atom is 0.227 e. The van der Waals surface area contributed by atoms with Crippen molar-refractivity contribution < 1.29 is 9.59 Å². The topological polar surface area (TPSA) is 69.9 Å². The van der Waals surface area contributed by atoms with Gasteiger partial charge in [-0.05, 0) is 56.4 Å². The SMILES string of the molecule is CCN1CCN(C(=O)CC2CCN(C(=O)C3C4CCC(C4)C3N)CC2)CC1.Cl.Cl. The van der Waals surface area contributed by atoms with Crippen LogP contribution in [0.2, 0.25) is 0 Å². The summed E-state index contributed by atoms with van der Waals surface area (Å²) >= 11 is 0. The van der Waals surface area contributed by atoms with Gasteiger partial charge in [-0.1, -0.05) is 6.92 Å². The lowest BCUT2D eigenvalue weighted by Gasteiger charge is -2.38. The van der Waals surface area contributed by atoms with Crippen molar-refractivity contribution in [2.75, 3.05) is 45.8 Å². The van der Waals surface area contributed by atoms with Crippen LogP contribution in [-0.4, -0.2) is 78.4 Å². The summed E-state index contributed by atoms with van der Waals surface area (Å²) in [6, 6.07) is 0.0809. The highest BCUT2D eigenvalue weighted by atomic mass is 35.5. The third-order valence-corrected chi connectivity index (χ3v) is 7.83. The largest absolute Gasteiger partial charge is 0.342 e. The van der Waals surface area contributed by atoms with Crippen LogP contribution in [0.5, 0.6) is 0 Å². The molecule has 0 radical (unpaired) electrons. The summed E-state index contributed by atoms with van der Waals surface area (Å²) in [6.45, 7) is 8.59. The first-order valence-corrected chi connectivity index (χ1v) is 11.1. The fraction of sp³-hybridized carbons (Fsp3) is 0.905. The Kier molecular flexibility index (Phi) is 9.07. The normalized spacial score (nSPS) is 32.6. The van der Waals surface area contributed by atoms with Gasteiger partial charge in [0.1, 0.15) is 0 Å². The van der Waals surface area contributed by atoms with Crippen molar-refractivity contribution in [3.05, 3.63) is 0 Å². The zero-order valence-corrected chi connectivity index (χ0v) is 19.3. The molecular formula is C21H38Cl2N4O2. The van der Waals surface area contributed by atoms with Crippen molar-refractivity contribution in [1.82, 2.24) is 14.7 Å². The standard InChI is InChI=1S/C21H36N4O2.2ClH/c1-2-23-9-11-24(12-10-23)18(26)13-15-5-7-25(8-6-15)21(27)19-16-3-4-17(14-16)20(19)22;;/h15-17,19-20H,2-14,22H2,1H3;2*1H. The third kappa shape index (κ3) is 5.20. The minimum atomic E-state index is 0. The zero-order chi connectivity index (χ0) is 19.0. The van der Waals surface area contributed by atoms with Crippen LogP contribution in [0.1, 0.15) is 45.4 Å². The maximum atomic E-state index is 13.0. The predicted molar refractivity (Wildman–Crippen MR) is 119 cm³/mol. The highest BCUT2D eigenvalue weighted by Gasteiger charge is 2.50. The van der Waals surface area contributed by atoms with Crippen LogP contribution >= 0.6 is 24.8 Å². The van der Waals surface area contributed by atoms with E-state index in [1.807, 2.05) is 9.80 Å². The molecule has 0 aromatic rings. The van der Waals surface area contributed by atoms with Crippen molar-refractivity contribution in [2.45, 2.75) is 51.5 Å². The van der Waals surface area contributed by atoms with Crippen molar-refractivity contribution in [1.29, 1.82) is 0 Å². The van der Waals surface area contributed by atoms with Gasteiger partial charge in [0, 0.05) is 51.7 Å². The number of piperidine rings is 1. The van der Waals surface area contributed by atoms with E-state index < -0.39 is 0 Å². The van der Waals surface area contributed by atoms with E-state index in [1.165, 1.54) is 12.8 Å². The van der Waals surface area contributed by atoms with Crippen molar-refractivity contribution in [3.8, 4) is 0 Å². The number of amides is 2. The zero-order valence-electron chi connectivity index (χ0n) is 17.6. The Morgan fingerprint density at radius 1 is 0.862 bits per heavy atom. The van der Waals surface area contributed by atoms with Gasteiger partial charge in [-0.25, -0.2) is 0 Å². The molecule has 4 unspecified atom stereocenters. The van der Waals surface area contributed by atoms with E-state index in [-0.39, 0.29) is 36.8 Å². The molecule has 2 N–H and O–H groups in total. The van der Waals surface area contributed by atoms with Crippen LogP contribution in [0.4, 0.5) is 0 Å². The summed E-state index contributed by atoms with van der Waals surface area (Å²) in [6.07, 6.45) is 6.14. The van der Waals surface area contributed by atoms with Gasteiger partial charge in [0.15, 0.2) is 0 Å². The predicted octanol–water partition coefficient (Wildman–Crippen LogP) is 2.00. The molecule has 2 heterocycles. The number of rotatable bonds is 4. The van der Waals surface area contributed by atoms with E-state index in [0.29, 0.717) is 36.0 Å². The molecule has 2 saturated heterocycles. The quantitative estimate of drug-likeness (QED) is 0.713. The van der Waals surface area contributed by atoms with E-state index >= 15 is 0 Å². The smallest absolute Gasteiger partial charge is 0.227 e. The molecule has 2 aliphatic heterocycles. The lowest BCUT2D eigenvalue weighted by atomic mass is 9.83. The molecule has 2 amide bonds. The van der Waals surface area contributed by atoms with Crippen molar-refractivity contribution in [3.63, 3.8) is 0 Å². The van der Waals surface area contributed by atoms with Gasteiger partial charge < -0.3 is 20.4 Å². The van der Waals surface area contributed by atoms with Gasteiger partial charge in [-0.15, -0.1) is 24.8 Å². The van der Waals surface area contributed by atoms with Crippen LogP contribution in [0.25, 0.3) is 0 Å². The number of halogens is 2. The van der Waals surface area contributed by atoms with Gasteiger partial charge >= 0.3 is 0 Å². The number of likely N-dealkylation sites (N-methyl/N-ethyl adjacent to an activating group) is 1. The van der Waals surface area contributed by atoms with E-state index in [4.69, 9.17) is 5.73 Å². The van der Waals surface area contributed by atoms with Crippen molar-refractivity contribution >= 4 is 36.6 Å². The van der Waals surface area contributed by atoms with Gasteiger partial charge in [0.25, 0.3) is 0 Å². The molecule has 8 heteroatoms. The first-order chi connectivity index (χ1) is 13.1. The number of nitrogens with zero attached hydrogens (tertiary/aromatic N) is 3. The second-order valence-corrected chi connectivity index (χ2v) is 9.22. The Balaban J connectivity index is 0.00000150. The van der Waals surface area contributed by atoms with Crippen LogP contribution in [-0.2, 0) is 9.59 Å². The molecule has 0 aromatic carbocycles. The summed E-state index contributed by atoms with van der Waals surface area (Å²) in [5.41, 5.74) is 6.37. The van der Waals surface area contributed by atoms with Crippen molar-refractivity contribution in [2.24, 2.45) is 29.4 Å². The highest BCUT2D eigenvalue weighted by Crippen LogP contribution is 2.48. The molecule has 4 rings (SSSR count). The Morgan fingerprint density at radius 3 is 2.03 bits per heavy atom. The molecule has 29 heavy (non-hydrogen) atoms. The van der Waals surface area contributed by atoms with Crippen LogP contribution in [0.3, 0.4) is 0 Å². The van der Waals surface area contributed by atoms with E-state index in [1.54, 1.807) is 0 Å². The Bertz CT molecular complexity index is 561. The van der Waals surface area contributed by atoms with E-state index in [0.717, 1.165) is 65.1 Å². The molecule has 2 bridgehead atoms. The number of nitrogens with two attached hydrogens (primary N) is 1. The first kappa shape index (κ1) is 24.7. The Morgan fingerprint density at radius 2 is 1.48 bits per heavy atom. The number of hydrogen-bond acceptors (Lipinski definition) is 4. The molecule has 0 spiro atoms.